The summed E-state index contributed by atoms with van der Waals surface area (Å²) in [4.78, 5) is 15.3. The van der Waals surface area contributed by atoms with Gasteiger partial charge in [-0.15, -0.1) is 0 Å². The molecule has 3 rings (SSSR count). The lowest BCUT2D eigenvalue weighted by molar-refractivity contribution is 0.371. The Hall–Kier alpha value is -1.65. The van der Waals surface area contributed by atoms with E-state index in [0.717, 1.165) is 19.6 Å². The minimum atomic E-state index is 0.429. The first-order valence-corrected chi connectivity index (χ1v) is 6.55. The molecule has 18 heavy (non-hydrogen) atoms. The Labute approximate surface area is 107 Å². The van der Waals surface area contributed by atoms with Crippen LogP contribution < -0.4 is 5.32 Å². The molecule has 0 saturated carbocycles. The first kappa shape index (κ1) is 11.4. The summed E-state index contributed by atoms with van der Waals surface area (Å²) in [5, 5.41) is 3.17. The molecule has 2 heterocycles. The van der Waals surface area contributed by atoms with Crippen LogP contribution in [-0.2, 0) is 0 Å². The van der Waals surface area contributed by atoms with E-state index in [1.807, 2.05) is 6.34 Å². The molecule has 5 nitrogen and oxygen atoms in total. The summed E-state index contributed by atoms with van der Waals surface area (Å²) in [7, 11) is 1.75. The van der Waals surface area contributed by atoms with Crippen molar-refractivity contribution in [3.05, 3.63) is 12.2 Å². The van der Waals surface area contributed by atoms with Crippen molar-refractivity contribution in [3.63, 3.8) is 0 Å². The van der Waals surface area contributed by atoms with Crippen molar-refractivity contribution >= 4 is 18.0 Å². The summed E-state index contributed by atoms with van der Waals surface area (Å²) in [6.45, 7) is 1.73. The molecule has 2 aliphatic heterocycles. The predicted octanol–water partition coefficient (Wildman–Crippen LogP) is 1.04. The van der Waals surface area contributed by atoms with Crippen LogP contribution in [0.1, 0.15) is 19.3 Å². The number of nitrogens with zero attached hydrogens (tertiary/aromatic N) is 4. The molecule has 0 saturated heterocycles. The van der Waals surface area contributed by atoms with Crippen LogP contribution in [0, 0.1) is 5.92 Å². The molecule has 0 bridgehead atoms. The van der Waals surface area contributed by atoms with Crippen LogP contribution in [0.25, 0.3) is 0 Å². The van der Waals surface area contributed by atoms with Crippen LogP contribution in [-0.4, -0.2) is 49.2 Å². The van der Waals surface area contributed by atoms with Crippen LogP contribution >= 0.6 is 0 Å². The van der Waals surface area contributed by atoms with Gasteiger partial charge in [-0.25, -0.2) is 4.99 Å². The summed E-state index contributed by atoms with van der Waals surface area (Å²) in [5.74, 6) is 1.41. The van der Waals surface area contributed by atoms with Gasteiger partial charge < -0.3 is 10.2 Å². The van der Waals surface area contributed by atoms with Crippen LogP contribution in [0.5, 0.6) is 0 Å². The second-order valence-electron chi connectivity index (χ2n) is 5.02. The first-order valence-electron chi connectivity index (χ1n) is 6.55. The van der Waals surface area contributed by atoms with Gasteiger partial charge in [0.25, 0.3) is 0 Å². The summed E-state index contributed by atoms with van der Waals surface area (Å²) >= 11 is 0. The third-order valence-corrected chi connectivity index (χ3v) is 3.73. The van der Waals surface area contributed by atoms with Gasteiger partial charge >= 0.3 is 0 Å². The smallest absolute Gasteiger partial charge is 0.220 e. The Morgan fingerprint density at radius 3 is 3.17 bits per heavy atom. The monoisotopic (exact) mass is 245 g/mol. The van der Waals surface area contributed by atoms with E-state index in [0.29, 0.717) is 17.9 Å². The van der Waals surface area contributed by atoms with E-state index in [9.17, 15) is 0 Å². The van der Waals surface area contributed by atoms with Crippen molar-refractivity contribution < 1.29 is 0 Å². The molecule has 0 aromatic rings. The molecule has 2 atom stereocenters. The average molecular weight is 245 g/mol. The Morgan fingerprint density at radius 1 is 1.50 bits per heavy atom. The number of hydrogen-bond donors (Lipinski definition) is 1. The molecule has 5 heteroatoms. The summed E-state index contributed by atoms with van der Waals surface area (Å²) in [6, 6.07) is 0.429. The largest absolute Gasteiger partial charge is 0.343 e. The van der Waals surface area contributed by atoms with Gasteiger partial charge in [0.2, 0.25) is 5.96 Å². The normalized spacial score (nSPS) is 32.4. The number of nitrogens with one attached hydrogen (secondary N) is 1. The van der Waals surface area contributed by atoms with Crippen LogP contribution in [0.3, 0.4) is 0 Å². The lowest BCUT2D eigenvalue weighted by atomic mass is 9.90. The second kappa shape index (κ2) is 4.92. The predicted molar refractivity (Wildman–Crippen MR) is 74.3 cm³/mol. The average Bonchev–Trinajstić information content (AvgIpc) is 2.82. The molecule has 3 aliphatic rings. The number of guanidine groups is 1. The summed E-state index contributed by atoms with van der Waals surface area (Å²) in [5.41, 5.74) is 1.40. The van der Waals surface area contributed by atoms with Crippen LogP contribution in [0.15, 0.2) is 27.1 Å². The van der Waals surface area contributed by atoms with Crippen molar-refractivity contribution in [2.24, 2.45) is 20.9 Å². The van der Waals surface area contributed by atoms with E-state index in [2.05, 4.69) is 32.4 Å². The SMILES string of the molecule is CN=C1N=CN(CC2CC3CC=CCC3=N2)CN1. The van der Waals surface area contributed by atoms with Crippen molar-refractivity contribution in [3.8, 4) is 0 Å². The maximum Gasteiger partial charge on any atom is 0.220 e. The molecular formula is C13H19N5. The van der Waals surface area contributed by atoms with Gasteiger partial charge in [0, 0.05) is 31.6 Å². The molecule has 2 unspecified atom stereocenters. The minimum absolute atomic E-state index is 0.429. The fourth-order valence-corrected chi connectivity index (χ4v) is 2.80. The lowest BCUT2D eigenvalue weighted by Gasteiger charge is -2.26. The molecule has 96 valence electrons. The van der Waals surface area contributed by atoms with Gasteiger partial charge in [0.05, 0.1) is 19.0 Å². The zero-order chi connectivity index (χ0) is 12.4. The quantitative estimate of drug-likeness (QED) is 0.739. The van der Waals surface area contributed by atoms with Gasteiger partial charge in [-0.05, 0) is 12.8 Å². The van der Waals surface area contributed by atoms with Crippen molar-refractivity contribution in [1.29, 1.82) is 0 Å². The van der Waals surface area contributed by atoms with Gasteiger partial charge in [0.1, 0.15) is 0 Å². The molecule has 0 aromatic heterocycles. The highest BCUT2D eigenvalue weighted by Gasteiger charge is 2.29. The third kappa shape index (κ3) is 2.30. The van der Waals surface area contributed by atoms with Gasteiger partial charge in [-0.3, -0.25) is 9.98 Å². The Bertz CT molecular complexity index is 435. The molecule has 0 fully saturated rings. The van der Waals surface area contributed by atoms with E-state index in [-0.39, 0.29) is 0 Å². The minimum Gasteiger partial charge on any atom is -0.343 e. The zero-order valence-corrected chi connectivity index (χ0v) is 10.7. The molecule has 1 N–H and O–H groups in total. The van der Waals surface area contributed by atoms with Crippen molar-refractivity contribution in [1.82, 2.24) is 10.2 Å². The number of aliphatic imine (C=N–C) groups is 3. The highest BCUT2D eigenvalue weighted by Crippen LogP contribution is 2.29. The standard InChI is InChI=1S/C13H19N5/c1-14-13-15-8-18(9-16-13)7-11-6-10-4-2-3-5-12(10)17-11/h2-3,8,10-11H,4-7,9H2,1H3,(H,14,16). The first-order chi connectivity index (χ1) is 8.85. The highest BCUT2D eigenvalue weighted by molar-refractivity contribution is 5.91. The van der Waals surface area contributed by atoms with E-state index in [1.165, 1.54) is 18.6 Å². The number of allylic oxidation sites excluding steroid dienone is 2. The number of hydrogen-bond acceptors (Lipinski definition) is 3. The third-order valence-electron chi connectivity index (χ3n) is 3.73. The lowest BCUT2D eigenvalue weighted by Crippen LogP contribution is -2.43. The van der Waals surface area contributed by atoms with Crippen molar-refractivity contribution in [2.75, 3.05) is 20.3 Å². The maximum atomic E-state index is 4.85. The van der Waals surface area contributed by atoms with E-state index < -0.39 is 0 Å². The molecule has 1 aliphatic carbocycles. The molecular weight excluding hydrogens is 226 g/mol. The van der Waals surface area contributed by atoms with Gasteiger partial charge in [-0.1, -0.05) is 12.2 Å². The zero-order valence-electron chi connectivity index (χ0n) is 10.7. The summed E-state index contributed by atoms with van der Waals surface area (Å²) < 4.78 is 0. The van der Waals surface area contributed by atoms with Gasteiger partial charge in [0.15, 0.2) is 0 Å². The maximum absolute atomic E-state index is 4.85. The molecule has 0 amide bonds. The Balaban J connectivity index is 1.58. The molecule has 0 spiro atoms. The van der Waals surface area contributed by atoms with Crippen LogP contribution in [0.2, 0.25) is 0 Å². The van der Waals surface area contributed by atoms with Crippen molar-refractivity contribution in [2.45, 2.75) is 25.3 Å². The summed E-state index contributed by atoms with van der Waals surface area (Å²) in [6.07, 6.45) is 9.83. The Morgan fingerprint density at radius 2 is 2.44 bits per heavy atom. The Kier molecular flexibility index (Phi) is 3.13. The van der Waals surface area contributed by atoms with E-state index in [4.69, 9.17) is 4.99 Å². The topological polar surface area (TPSA) is 52.4 Å². The second-order valence-corrected chi connectivity index (χ2v) is 5.02. The molecule has 0 aromatic carbocycles. The molecule has 0 radical (unpaired) electrons. The van der Waals surface area contributed by atoms with Gasteiger partial charge in [-0.2, -0.15) is 0 Å². The van der Waals surface area contributed by atoms with E-state index in [1.54, 1.807) is 7.05 Å². The fourth-order valence-electron chi connectivity index (χ4n) is 2.80. The van der Waals surface area contributed by atoms with Crippen LogP contribution in [0.4, 0.5) is 0 Å². The fraction of sp³-hybridized carbons (Fsp3) is 0.615. The highest BCUT2D eigenvalue weighted by atomic mass is 15.3. The number of rotatable bonds is 2. The number of fused-ring (bicyclic) bond motifs is 1. The van der Waals surface area contributed by atoms with E-state index >= 15 is 0 Å².